The van der Waals surface area contributed by atoms with Crippen molar-refractivity contribution in [1.29, 1.82) is 0 Å². The smallest absolute Gasteiger partial charge is 0.146 e. The van der Waals surface area contributed by atoms with Gasteiger partial charge in [-0.3, -0.25) is 0 Å². The Bertz CT molecular complexity index is 411. The standard InChI is InChI=1S/C14H24N4O/c1-2-18-11-16-17-13(18)10-15-9-12-5-8-14(19-12)6-3-4-7-14/h11-12,15H,2-10H2,1H3. The van der Waals surface area contributed by atoms with Crippen LogP contribution in [0, 0.1) is 0 Å². The van der Waals surface area contributed by atoms with E-state index in [0.717, 1.165) is 25.5 Å². The molecule has 19 heavy (non-hydrogen) atoms. The number of aryl methyl sites for hydroxylation is 1. The molecule has 5 heteroatoms. The summed E-state index contributed by atoms with van der Waals surface area (Å²) in [4.78, 5) is 0. The highest BCUT2D eigenvalue weighted by Crippen LogP contribution is 2.43. The molecule has 1 aromatic heterocycles. The zero-order valence-corrected chi connectivity index (χ0v) is 11.8. The first-order chi connectivity index (χ1) is 9.31. The molecule has 2 fully saturated rings. The predicted octanol–water partition coefficient (Wildman–Crippen LogP) is 1.88. The van der Waals surface area contributed by atoms with Crippen LogP contribution in [0.4, 0.5) is 0 Å². The molecule has 0 amide bonds. The minimum atomic E-state index is 0.246. The lowest BCUT2D eigenvalue weighted by Crippen LogP contribution is -2.31. The highest BCUT2D eigenvalue weighted by Gasteiger charge is 2.41. The summed E-state index contributed by atoms with van der Waals surface area (Å²) in [5.74, 6) is 1.01. The molecule has 1 atom stereocenters. The Kier molecular flexibility index (Phi) is 3.84. The molecular formula is C14H24N4O. The summed E-state index contributed by atoms with van der Waals surface area (Å²) in [5, 5.41) is 11.5. The highest BCUT2D eigenvalue weighted by molar-refractivity contribution is 4.93. The van der Waals surface area contributed by atoms with Crippen LogP contribution >= 0.6 is 0 Å². The summed E-state index contributed by atoms with van der Waals surface area (Å²) in [7, 11) is 0. The second kappa shape index (κ2) is 5.59. The van der Waals surface area contributed by atoms with Crippen molar-refractivity contribution in [2.75, 3.05) is 6.54 Å². The van der Waals surface area contributed by atoms with Crippen LogP contribution in [-0.2, 0) is 17.8 Å². The maximum Gasteiger partial charge on any atom is 0.146 e. The van der Waals surface area contributed by atoms with Crippen molar-refractivity contribution in [1.82, 2.24) is 20.1 Å². The van der Waals surface area contributed by atoms with Gasteiger partial charge in [0.2, 0.25) is 0 Å². The van der Waals surface area contributed by atoms with Crippen LogP contribution in [-0.4, -0.2) is 33.0 Å². The fourth-order valence-corrected chi connectivity index (χ4v) is 3.45. The minimum absolute atomic E-state index is 0.246. The third-order valence-corrected chi connectivity index (χ3v) is 4.54. The van der Waals surface area contributed by atoms with Crippen LogP contribution < -0.4 is 5.32 Å². The molecule has 2 heterocycles. The fraction of sp³-hybridized carbons (Fsp3) is 0.857. The second-order valence-corrected chi connectivity index (χ2v) is 5.83. The Morgan fingerprint density at radius 3 is 3.05 bits per heavy atom. The molecule has 0 radical (unpaired) electrons. The summed E-state index contributed by atoms with van der Waals surface area (Å²) in [5.41, 5.74) is 0.246. The molecule has 2 aliphatic rings. The van der Waals surface area contributed by atoms with Gasteiger partial charge in [-0.1, -0.05) is 12.8 Å². The van der Waals surface area contributed by atoms with E-state index >= 15 is 0 Å². The molecule has 1 unspecified atom stereocenters. The number of hydrogen-bond donors (Lipinski definition) is 1. The van der Waals surface area contributed by atoms with E-state index in [1.807, 2.05) is 0 Å². The molecule has 106 valence electrons. The third kappa shape index (κ3) is 2.82. The van der Waals surface area contributed by atoms with Crippen molar-refractivity contribution in [3.8, 4) is 0 Å². The van der Waals surface area contributed by atoms with Gasteiger partial charge in [-0.2, -0.15) is 0 Å². The average molecular weight is 264 g/mol. The Balaban J connectivity index is 1.44. The lowest BCUT2D eigenvalue weighted by molar-refractivity contribution is -0.0352. The molecule has 1 aliphatic heterocycles. The van der Waals surface area contributed by atoms with Crippen molar-refractivity contribution >= 4 is 0 Å². The molecule has 0 aromatic carbocycles. The van der Waals surface area contributed by atoms with Gasteiger partial charge in [-0.05, 0) is 32.6 Å². The van der Waals surface area contributed by atoms with Crippen LogP contribution in [0.2, 0.25) is 0 Å². The maximum atomic E-state index is 6.28. The van der Waals surface area contributed by atoms with Gasteiger partial charge < -0.3 is 14.6 Å². The number of rotatable bonds is 5. The Morgan fingerprint density at radius 2 is 2.26 bits per heavy atom. The molecule has 0 bridgehead atoms. The van der Waals surface area contributed by atoms with Gasteiger partial charge in [-0.25, -0.2) is 0 Å². The Hall–Kier alpha value is -0.940. The molecule has 1 aromatic rings. The lowest BCUT2D eigenvalue weighted by atomic mass is 9.98. The third-order valence-electron chi connectivity index (χ3n) is 4.54. The topological polar surface area (TPSA) is 52.0 Å². The zero-order valence-electron chi connectivity index (χ0n) is 11.8. The molecule has 1 saturated heterocycles. The quantitative estimate of drug-likeness (QED) is 0.882. The van der Waals surface area contributed by atoms with Crippen LogP contribution in [0.15, 0.2) is 6.33 Å². The summed E-state index contributed by atoms with van der Waals surface area (Å²) in [6.07, 6.45) is 9.87. The molecule has 1 N–H and O–H groups in total. The zero-order chi connectivity index (χ0) is 13.1. The fourth-order valence-electron chi connectivity index (χ4n) is 3.45. The first-order valence-electron chi connectivity index (χ1n) is 7.56. The molecule has 3 rings (SSSR count). The average Bonchev–Trinajstić information content (AvgIpc) is 3.13. The maximum absolute atomic E-state index is 6.28. The van der Waals surface area contributed by atoms with Gasteiger partial charge in [0.1, 0.15) is 12.2 Å². The van der Waals surface area contributed by atoms with Gasteiger partial charge in [-0.15, -0.1) is 10.2 Å². The number of ether oxygens (including phenoxy) is 1. The van der Waals surface area contributed by atoms with Gasteiger partial charge in [0.05, 0.1) is 18.2 Å². The van der Waals surface area contributed by atoms with E-state index in [0.29, 0.717) is 6.10 Å². The van der Waals surface area contributed by atoms with Crippen molar-refractivity contribution in [3.05, 3.63) is 12.2 Å². The van der Waals surface area contributed by atoms with Crippen LogP contribution in [0.25, 0.3) is 0 Å². The van der Waals surface area contributed by atoms with E-state index in [1.54, 1.807) is 6.33 Å². The SMILES string of the molecule is CCn1cnnc1CNCC1CCC2(CCCC2)O1. The molecular weight excluding hydrogens is 240 g/mol. The van der Waals surface area contributed by atoms with Gasteiger partial charge in [0.25, 0.3) is 0 Å². The summed E-state index contributed by atoms with van der Waals surface area (Å²) in [6.45, 7) is 4.74. The van der Waals surface area contributed by atoms with Crippen molar-refractivity contribution in [3.63, 3.8) is 0 Å². The van der Waals surface area contributed by atoms with Crippen molar-refractivity contribution in [2.45, 2.75) is 70.2 Å². The van der Waals surface area contributed by atoms with E-state index in [9.17, 15) is 0 Å². The Morgan fingerprint density at radius 1 is 1.42 bits per heavy atom. The number of nitrogens with zero attached hydrogens (tertiary/aromatic N) is 3. The number of aromatic nitrogens is 3. The Labute approximate surface area is 114 Å². The first kappa shape index (κ1) is 13.1. The highest BCUT2D eigenvalue weighted by atomic mass is 16.5. The summed E-state index contributed by atoms with van der Waals surface area (Å²) >= 11 is 0. The predicted molar refractivity (Wildman–Crippen MR) is 72.7 cm³/mol. The van der Waals surface area contributed by atoms with E-state index < -0.39 is 0 Å². The van der Waals surface area contributed by atoms with Crippen LogP contribution in [0.1, 0.15) is 51.3 Å². The molecule has 1 spiro atoms. The summed E-state index contributed by atoms with van der Waals surface area (Å²) < 4.78 is 8.35. The van der Waals surface area contributed by atoms with E-state index in [4.69, 9.17) is 4.74 Å². The normalized spacial score (nSPS) is 25.4. The van der Waals surface area contributed by atoms with Gasteiger partial charge in [0, 0.05) is 13.1 Å². The number of hydrogen-bond acceptors (Lipinski definition) is 4. The molecule has 1 saturated carbocycles. The summed E-state index contributed by atoms with van der Waals surface area (Å²) in [6, 6.07) is 0. The monoisotopic (exact) mass is 264 g/mol. The first-order valence-corrected chi connectivity index (χ1v) is 7.56. The van der Waals surface area contributed by atoms with E-state index in [-0.39, 0.29) is 5.60 Å². The van der Waals surface area contributed by atoms with Crippen LogP contribution in [0.5, 0.6) is 0 Å². The largest absolute Gasteiger partial charge is 0.370 e. The number of nitrogens with one attached hydrogen (secondary N) is 1. The van der Waals surface area contributed by atoms with E-state index in [2.05, 4.69) is 27.0 Å². The van der Waals surface area contributed by atoms with Gasteiger partial charge >= 0.3 is 0 Å². The van der Waals surface area contributed by atoms with Crippen molar-refractivity contribution in [2.24, 2.45) is 0 Å². The van der Waals surface area contributed by atoms with E-state index in [1.165, 1.54) is 38.5 Å². The van der Waals surface area contributed by atoms with Crippen molar-refractivity contribution < 1.29 is 4.74 Å². The second-order valence-electron chi connectivity index (χ2n) is 5.83. The van der Waals surface area contributed by atoms with Crippen LogP contribution in [0.3, 0.4) is 0 Å². The molecule has 5 nitrogen and oxygen atoms in total. The lowest BCUT2D eigenvalue weighted by Gasteiger charge is -2.23. The minimum Gasteiger partial charge on any atom is -0.370 e. The molecule has 1 aliphatic carbocycles. The van der Waals surface area contributed by atoms with Gasteiger partial charge in [0.15, 0.2) is 0 Å².